The van der Waals surface area contributed by atoms with Crippen LogP contribution in [0.15, 0.2) is 12.2 Å². The number of esters is 1. The quantitative estimate of drug-likeness (QED) is 0.469. The first-order chi connectivity index (χ1) is 12.9. The van der Waals surface area contributed by atoms with E-state index in [2.05, 4.69) is 0 Å². The van der Waals surface area contributed by atoms with E-state index in [4.69, 9.17) is 14.2 Å². The van der Waals surface area contributed by atoms with Gasteiger partial charge in [-0.2, -0.15) is 8.78 Å². The summed E-state index contributed by atoms with van der Waals surface area (Å²) < 4.78 is 44.9. The Morgan fingerprint density at radius 3 is 2.89 bits per heavy atom. The summed E-state index contributed by atoms with van der Waals surface area (Å²) in [6.07, 6.45) is 5.57. The van der Waals surface area contributed by atoms with Crippen LogP contribution in [-0.2, 0) is 23.8 Å². The van der Waals surface area contributed by atoms with E-state index in [9.17, 15) is 18.4 Å². The van der Waals surface area contributed by atoms with Crippen molar-refractivity contribution in [1.82, 2.24) is 0 Å². The Balaban J connectivity index is 1.67. The first-order valence-electron chi connectivity index (χ1n) is 9.97. The molecule has 0 aromatic heterocycles. The number of rotatable bonds is 8. The molecule has 0 aromatic rings. The van der Waals surface area contributed by atoms with Crippen LogP contribution in [0.2, 0.25) is 0 Å². The highest BCUT2D eigenvalue weighted by Crippen LogP contribution is 2.44. The van der Waals surface area contributed by atoms with E-state index in [0.717, 1.165) is 25.3 Å². The first-order valence-corrected chi connectivity index (χ1v) is 9.97. The van der Waals surface area contributed by atoms with Crippen molar-refractivity contribution < 1.29 is 32.6 Å². The number of carbonyl (C=O) groups is 2. The van der Waals surface area contributed by atoms with Gasteiger partial charge < -0.3 is 14.2 Å². The van der Waals surface area contributed by atoms with Gasteiger partial charge in [0.05, 0.1) is 12.5 Å². The Kier molecular flexibility index (Phi) is 6.63. The standard InChI is InChI=1S/C20H28F2O5/c1-2-3-9-20(21,22)17(23)8-7-13-14-11-18(24)26-16(14)12-15(13)27-19-6-4-5-10-25-19/h7-8,13-16,19H,2-6,9-12H2,1H3/t13-,14-,15-,16+,19?/m1/s1. The lowest BCUT2D eigenvalue weighted by Crippen LogP contribution is -2.31. The maximum atomic E-state index is 13.9. The summed E-state index contributed by atoms with van der Waals surface area (Å²) in [5, 5.41) is 0. The lowest BCUT2D eigenvalue weighted by atomic mass is 9.91. The fraction of sp³-hybridized carbons (Fsp3) is 0.800. The van der Waals surface area contributed by atoms with E-state index in [0.29, 0.717) is 25.9 Å². The molecule has 0 spiro atoms. The molecule has 0 aromatic carbocycles. The number of hydrogen-bond acceptors (Lipinski definition) is 5. The molecular weight excluding hydrogens is 358 g/mol. The van der Waals surface area contributed by atoms with Gasteiger partial charge in [0.2, 0.25) is 5.78 Å². The van der Waals surface area contributed by atoms with Crippen LogP contribution in [0.4, 0.5) is 8.78 Å². The van der Waals surface area contributed by atoms with Crippen LogP contribution in [-0.4, -0.2) is 42.8 Å². The Labute approximate surface area is 158 Å². The van der Waals surface area contributed by atoms with Crippen LogP contribution in [0.1, 0.15) is 58.3 Å². The van der Waals surface area contributed by atoms with Gasteiger partial charge in [-0.25, -0.2) is 0 Å². The smallest absolute Gasteiger partial charge is 0.309 e. The van der Waals surface area contributed by atoms with E-state index >= 15 is 0 Å². The molecule has 0 bridgehead atoms. The average Bonchev–Trinajstić information content (AvgIpc) is 3.14. The van der Waals surface area contributed by atoms with Crippen molar-refractivity contribution in [2.45, 2.75) is 82.7 Å². The summed E-state index contributed by atoms with van der Waals surface area (Å²) in [5.41, 5.74) is 0. The van der Waals surface area contributed by atoms with Crippen molar-refractivity contribution >= 4 is 11.8 Å². The minimum atomic E-state index is -3.35. The Hall–Kier alpha value is -1.34. The molecule has 27 heavy (non-hydrogen) atoms. The Bertz CT molecular complexity index is 571. The molecule has 3 rings (SSSR count). The molecule has 2 aliphatic heterocycles. The molecule has 3 aliphatic rings. The molecule has 152 valence electrons. The van der Waals surface area contributed by atoms with Crippen LogP contribution in [0.3, 0.4) is 0 Å². The largest absolute Gasteiger partial charge is 0.462 e. The zero-order valence-corrected chi connectivity index (χ0v) is 15.7. The molecule has 1 aliphatic carbocycles. The van der Waals surface area contributed by atoms with Crippen LogP contribution in [0.5, 0.6) is 0 Å². The number of halogens is 2. The van der Waals surface area contributed by atoms with Gasteiger partial charge in [-0.15, -0.1) is 0 Å². The van der Waals surface area contributed by atoms with Crippen molar-refractivity contribution in [3.05, 3.63) is 12.2 Å². The van der Waals surface area contributed by atoms with Crippen molar-refractivity contribution in [1.29, 1.82) is 0 Å². The number of allylic oxidation sites excluding steroid dienone is 1. The van der Waals surface area contributed by atoms with E-state index in [1.165, 1.54) is 6.08 Å². The number of ether oxygens (including phenoxy) is 3. The van der Waals surface area contributed by atoms with Crippen LogP contribution < -0.4 is 0 Å². The molecule has 2 saturated heterocycles. The monoisotopic (exact) mass is 386 g/mol. The van der Waals surface area contributed by atoms with Gasteiger partial charge in [0.25, 0.3) is 0 Å². The summed E-state index contributed by atoms with van der Waals surface area (Å²) in [7, 11) is 0. The third kappa shape index (κ3) is 4.93. The fourth-order valence-corrected chi connectivity index (χ4v) is 4.17. The third-order valence-corrected chi connectivity index (χ3v) is 5.69. The first kappa shape index (κ1) is 20.4. The van der Waals surface area contributed by atoms with Gasteiger partial charge in [-0.1, -0.05) is 19.4 Å². The molecular formula is C20H28F2O5. The van der Waals surface area contributed by atoms with Gasteiger partial charge in [0.15, 0.2) is 6.29 Å². The molecule has 7 heteroatoms. The van der Waals surface area contributed by atoms with Crippen molar-refractivity contribution in [2.24, 2.45) is 11.8 Å². The number of unbranched alkanes of at least 4 members (excludes halogenated alkanes) is 1. The minimum absolute atomic E-state index is 0.139. The maximum Gasteiger partial charge on any atom is 0.309 e. The predicted molar refractivity (Wildman–Crippen MR) is 93.2 cm³/mol. The molecule has 0 N–H and O–H groups in total. The lowest BCUT2D eigenvalue weighted by molar-refractivity contribution is -0.194. The highest BCUT2D eigenvalue weighted by molar-refractivity contribution is 5.95. The van der Waals surface area contributed by atoms with Crippen molar-refractivity contribution in [2.75, 3.05) is 6.61 Å². The SMILES string of the molecule is CCCCC(F)(F)C(=O)C=C[C@@H]1[C@H]2CC(=O)O[C@H]2C[C@H]1OC1CCCCO1. The van der Waals surface area contributed by atoms with Crippen LogP contribution in [0, 0.1) is 11.8 Å². The molecule has 2 heterocycles. The van der Waals surface area contributed by atoms with E-state index in [1.54, 1.807) is 6.92 Å². The summed E-state index contributed by atoms with van der Waals surface area (Å²) in [5.74, 6) is -5.26. The van der Waals surface area contributed by atoms with Crippen molar-refractivity contribution in [3.63, 3.8) is 0 Å². The molecule has 1 unspecified atom stereocenters. The predicted octanol–water partition coefficient (Wildman–Crippen LogP) is 3.80. The number of ketones is 1. The maximum absolute atomic E-state index is 13.9. The van der Waals surface area contributed by atoms with Gasteiger partial charge in [-0.05, 0) is 31.8 Å². The molecule has 0 radical (unpaired) electrons. The third-order valence-electron chi connectivity index (χ3n) is 5.69. The zero-order chi connectivity index (χ0) is 19.4. The number of alkyl halides is 2. The second-order valence-corrected chi connectivity index (χ2v) is 7.71. The summed E-state index contributed by atoms with van der Waals surface area (Å²) in [6, 6.07) is 0. The molecule has 5 atom stereocenters. The van der Waals surface area contributed by atoms with Gasteiger partial charge >= 0.3 is 11.9 Å². The number of fused-ring (bicyclic) bond motifs is 1. The topological polar surface area (TPSA) is 61.8 Å². The minimum Gasteiger partial charge on any atom is -0.462 e. The van der Waals surface area contributed by atoms with E-state index in [-0.39, 0.29) is 42.7 Å². The Morgan fingerprint density at radius 1 is 1.37 bits per heavy atom. The summed E-state index contributed by atoms with van der Waals surface area (Å²) >= 11 is 0. The van der Waals surface area contributed by atoms with Gasteiger partial charge in [0, 0.05) is 31.3 Å². The summed E-state index contributed by atoms with van der Waals surface area (Å²) in [6.45, 7) is 2.45. The lowest BCUT2D eigenvalue weighted by Gasteiger charge is -2.28. The second-order valence-electron chi connectivity index (χ2n) is 7.71. The van der Waals surface area contributed by atoms with E-state index in [1.807, 2.05) is 0 Å². The van der Waals surface area contributed by atoms with E-state index < -0.39 is 18.1 Å². The molecule has 3 fully saturated rings. The number of carbonyl (C=O) groups excluding carboxylic acids is 2. The molecule has 5 nitrogen and oxygen atoms in total. The van der Waals surface area contributed by atoms with Crippen LogP contribution in [0.25, 0.3) is 0 Å². The van der Waals surface area contributed by atoms with Gasteiger partial charge in [0.1, 0.15) is 6.10 Å². The highest BCUT2D eigenvalue weighted by Gasteiger charge is 2.50. The zero-order valence-electron chi connectivity index (χ0n) is 15.7. The Morgan fingerprint density at radius 2 is 2.19 bits per heavy atom. The van der Waals surface area contributed by atoms with Crippen molar-refractivity contribution in [3.8, 4) is 0 Å². The van der Waals surface area contributed by atoms with Crippen LogP contribution >= 0.6 is 0 Å². The normalized spacial score (nSPS) is 34.0. The molecule has 1 saturated carbocycles. The average molecular weight is 386 g/mol. The molecule has 0 amide bonds. The highest BCUT2D eigenvalue weighted by atomic mass is 19.3. The number of hydrogen-bond donors (Lipinski definition) is 0. The second kappa shape index (κ2) is 8.78. The van der Waals surface area contributed by atoms with Gasteiger partial charge in [-0.3, -0.25) is 9.59 Å². The summed E-state index contributed by atoms with van der Waals surface area (Å²) in [4.78, 5) is 23.6. The fourth-order valence-electron chi connectivity index (χ4n) is 4.17.